The monoisotopic (exact) mass is 320 g/mol. The van der Waals surface area contributed by atoms with E-state index in [2.05, 4.69) is 5.32 Å². The van der Waals surface area contributed by atoms with Crippen molar-refractivity contribution in [3.8, 4) is 5.75 Å². The van der Waals surface area contributed by atoms with Crippen molar-refractivity contribution < 1.29 is 17.9 Å². The quantitative estimate of drug-likeness (QED) is 0.922. The second-order valence-corrected chi connectivity index (χ2v) is 7.18. The van der Waals surface area contributed by atoms with Gasteiger partial charge in [0.15, 0.2) is 9.84 Å². The molecule has 0 radical (unpaired) electrons. The Bertz CT molecular complexity index is 880. The Hall–Kier alpha value is -2.28. The Kier molecular flexibility index (Phi) is 3.44. The normalized spacial score (nSPS) is 19.5. The summed E-state index contributed by atoms with van der Waals surface area (Å²) >= 11 is 0. The molecule has 7 heteroatoms. The molecule has 0 aliphatic carbocycles. The molecule has 0 bridgehead atoms. The van der Waals surface area contributed by atoms with Gasteiger partial charge in [0, 0.05) is 23.9 Å². The zero-order valence-corrected chi connectivity index (χ0v) is 13.1. The molecule has 1 amide bonds. The molecule has 0 saturated heterocycles. The molecule has 1 N–H and O–H groups in total. The van der Waals surface area contributed by atoms with E-state index in [9.17, 15) is 13.2 Å². The first-order valence-electron chi connectivity index (χ1n) is 6.75. The maximum atomic E-state index is 12.4. The van der Waals surface area contributed by atoms with Gasteiger partial charge in [-0.3, -0.25) is 4.79 Å². The van der Waals surface area contributed by atoms with Gasteiger partial charge in [-0.2, -0.15) is 0 Å². The Balaban J connectivity index is 1.88. The molecule has 2 heterocycles. The topological polar surface area (TPSA) is 77.4 Å². The Morgan fingerprint density at radius 3 is 2.77 bits per heavy atom. The van der Waals surface area contributed by atoms with Crippen molar-refractivity contribution in [2.75, 3.05) is 12.9 Å². The number of rotatable bonds is 3. The van der Waals surface area contributed by atoms with Crippen LogP contribution in [0.15, 0.2) is 35.7 Å². The number of fused-ring (bicyclic) bond motifs is 1. The van der Waals surface area contributed by atoms with E-state index < -0.39 is 15.9 Å². The molecular formula is C15H16N2O4S. The van der Waals surface area contributed by atoms with Crippen molar-refractivity contribution in [3.05, 3.63) is 41.4 Å². The Labute approximate surface area is 128 Å². The van der Waals surface area contributed by atoms with Gasteiger partial charge in [-0.25, -0.2) is 8.42 Å². The molecule has 0 saturated carbocycles. The van der Waals surface area contributed by atoms with E-state index in [0.717, 1.165) is 16.3 Å². The van der Waals surface area contributed by atoms with Gasteiger partial charge in [-0.15, -0.1) is 0 Å². The Morgan fingerprint density at radius 2 is 2.14 bits per heavy atom. The fraction of sp³-hybridized carbons (Fsp3) is 0.267. The fourth-order valence-electron chi connectivity index (χ4n) is 2.56. The summed E-state index contributed by atoms with van der Waals surface area (Å²) in [5.74, 6) is 0.325. The van der Waals surface area contributed by atoms with Crippen LogP contribution in [0.25, 0.3) is 10.9 Å². The van der Waals surface area contributed by atoms with Gasteiger partial charge in [-0.05, 0) is 24.3 Å². The van der Waals surface area contributed by atoms with Gasteiger partial charge in [-0.1, -0.05) is 0 Å². The van der Waals surface area contributed by atoms with E-state index in [4.69, 9.17) is 4.74 Å². The lowest BCUT2D eigenvalue weighted by Crippen LogP contribution is -2.36. The lowest BCUT2D eigenvalue weighted by molar-refractivity contribution is 0.0940. The number of benzene rings is 1. The minimum Gasteiger partial charge on any atom is -0.497 e. The second kappa shape index (κ2) is 5.17. The highest BCUT2D eigenvalue weighted by Crippen LogP contribution is 2.24. The third-order valence-electron chi connectivity index (χ3n) is 3.73. The van der Waals surface area contributed by atoms with E-state index >= 15 is 0 Å². The van der Waals surface area contributed by atoms with Crippen LogP contribution in [0.2, 0.25) is 0 Å². The van der Waals surface area contributed by atoms with E-state index in [-0.39, 0.29) is 11.7 Å². The molecule has 6 nitrogen and oxygen atoms in total. The molecule has 1 aromatic heterocycles. The van der Waals surface area contributed by atoms with Crippen LogP contribution in [0.5, 0.6) is 5.75 Å². The van der Waals surface area contributed by atoms with Crippen LogP contribution in [0.3, 0.4) is 0 Å². The SMILES string of the molecule is COc1ccc2cc(C(=O)NC3C=CS(=O)(=O)C3)n(C)c2c1. The van der Waals surface area contributed by atoms with Crippen LogP contribution in [0, 0.1) is 0 Å². The second-order valence-electron chi connectivity index (χ2n) is 5.25. The van der Waals surface area contributed by atoms with Crippen LogP contribution >= 0.6 is 0 Å². The molecule has 3 rings (SSSR count). The van der Waals surface area contributed by atoms with Gasteiger partial charge in [0.1, 0.15) is 11.4 Å². The highest BCUT2D eigenvalue weighted by atomic mass is 32.2. The van der Waals surface area contributed by atoms with Crippen molar-refractivity contribution in [1.29, 1.82) is 0 Å². The molecular weight excluding hydrogens is 304 g/mol. The van der Waals surface area contributed by atoms with Crippen molar-refractivity contribution >= 4 is 26.6 Å². The summed E-state index contributed by atoms with van der Waals surface area (Å²) in [6.07, 6.45) is 1.50. The summed E-state index contributed by atoms with van der Waals surface area (Å²) < 4.78 is 29.7. The maximum Gasteiger partial charge on any atom is 0.268 e. The van der Waals surface area contributed by atoms with Gasteiger partial charge < -0.3 is 14.6 Å². The molecule has 1 unspecified atom stereocenters. The Morgan fingerprint density at radius 1 is 1.36 bits per heavy atom. The van der Waals surface area contributed by atoms with Crippen molar-refractivity contribution in [3.63, 3.8) is 0 Å². The van der Waals surface area contributed by atoms with E-state index in [0.29, 0.717) is 11.4 Å². The summed E-state index contributed by atoms with van der Waals surface area (Å²) in [5.41, 5.74) is 1.35. The number of nitrogens with one attached hydrogen (secondary N) is 1. The van der Waals surface area contributed by atoms with E-state index in [1.54, 1.807) is 24.8 Å². The molecule has 1 aliphatic rings. The predicted molar refractivity (Wildman–Crippen MR) is 83.7 cm³/mol. The summed E-state index contributed by atoms with van der Waals surface area (Å²) in [7, 11) is 0.192. The van der Waals surface area contributed by atoms with Gasteiger partial charge in [0.05, 0.1) is 24.4 Å². The number of aromatic nitrogens is 1. The lowest BCUT2D eigenvalue weighted by atomic mass is 10.2. The molecule has 0 fully saturated rings. The molecule has 22 heavy (non-hydrogen) atoms. The fourth-order valence-corrected chi connectivity index (χ4v) is 3.80. The zero-order valence-electron chi connectivity index (χ0n) is 12.2. The minimum absolute atomic E-state index is 0.0868. The van der Waals surface area contributed by atoms with Crippen LogP contribution < -0.4 is 10.1 Å². The average Bonchev–Trinajstić information content (AvgIpc) is 2.98. The first kappa shape index (κ1) is 14.6. The number of ether oxygens (including phenoxy) is 1. The maximum absolute atomic E-state index is 12.4. The molecule has 0 spiro atoms. The highest BCUT2D eigenvalue weighted by Gasteiger charge is 2.24. The highest BCUT2D eigenvalue weighted by molar-refractivity contribution is 7.94. The number of hydrogen-bond acceptors (Lipinski definition) is 4. The zero-order chi connectivity index (χ0) is 15.9. The smallest absolute Gasteiger partial charge is 0.268 e. The van der Waals surface area contributed by atoms with Crippen molar-refractivity contribution in [2.45, 2.75) is 6.04 Å². The number of sulfone groups is 1. The summed E-state index contributed by atoms with van der Waals surface area (Å²) in [5, 5.41) is 4.79. The molecule has 2 aromatic rings. The number of amides is 1. The number of methoxy groups -OCH3 is 1. The average molecular weight is 320 g/mol. The van der Waals surface area contributed by atoms with Gasteiger partial charge in [0.2, 0.25) is 0 Å². The third-order valence-corrected chi connectivity index (χ3v) is 5.13. The lowest BCUT2D eigenvalue weighted by Gasteiger charge is -2.10. The van der Waals surface area contributed by atoms with Gasteiger partial charge >= 0.3 is 0 Å². The van der Waals surface area contributed by atoms with Gasteiger partial charge in [0.25, 0.3) is 5.91 Å². The predicted octanol–water partition coefficient (Wildman–Crippen LogP) is 1.23. The number of nitrogens with zero attached hydrogens (tertiary/aromatic N) is 1. The number of aryl methyl sites for hydroxylation is 1. The van der Waals surface area contributed by atoms with Crippen LogP contribution in [0.4, 0.5) is 0 Å². The van der Waals surface area contributed by atoms with Crippen LogP contribution in [-0.2, 0) is 16.9 Å². The molecule has 116 valence electrons. The molecule has 1 aromatic carbocycles. The number of hydrogen-bond donors (Lipinski definition) is 1. The van der Waals surface area contributed by atoms with E-state index in [1.807, 2.05) is 18.2 Å². The standard InChI is InChI=1S/C15H16N2O4S/c1-17-13-8-12(21-2)4-3-10(13)7-14(17)15(18)16-11-5-6-22(19,20)9-11/h3-8,11H,9H2,1-2H3,(H,16,18). The minimum atomic E-state index is -3.19. The van der Waals surface area contributed by atoms with Crippen molar-refractivity contribution in [1.82, 2.24) is 9.88 Å². The number of carbonyl (C=O) groups is 1. The number of carbonyl (C=O) groups excluding carboxylic acids is 1. The summed E-state index contributed by atoms with van der Waals surface area (Å²) in [6.45, 7) is 0. The first-order chi connectivity index (χ1) is 10.4. The third kappa shape index (κ3) is 2.59. The van der Waals surface area contributed by atoms with Crippen LogP contribution in [0.1, 0.15) is 10.5 Å². The first-order valence-corrected chi connectivity index (χ1v) is 8.46. The van der Waals surface area contributed by atoms with Crippen LogP contribution in [-0.4, -0.2) is 37.8 Å². The summed E-state index contributed by atoms with van der Waals surface area (Å²) in [4.78, 5) is 12.4. The largest absolute Gasteiger partial charge is 0.497 e. The van der Waals surface area contributed by atoms with Crippen molar-refractivity contribution in [2.24, 2.45) is 7.05 Å². The molecule has 1 atom stereocenters. The summed E-state index contributed by atoms with van der Waals surface area (Å²) in [6, 6.07) is 6.86. The molecule has 1 aliphatic heterocycles. The van der Waals surface area contributed by atoms with E-state index in [1.165, 1.54) is 6.08 Å².